The van der Waals surface area contributed by atoms with Crippen LogP contribution in [0.3, 0.4) is 0 Å². The van der Waals surface area contributed by atoms with Crippen LogP contribution in [0.5, 0.6) is 5.75 Å². The van der Waals surface area contributed by atoms with Crippen molar-refractivity contribution in [2.75, 3.05) is 0 Å². The third kappa shape index (κ3) is 1.70. The summed E-state index contributed by atoms with van der Waals surface area (Å²) in [5, 5.41) is 16.6. The van der Waals surface area contributed by atoms with Gasteiger partial charge in [-0.1, -0.05) is 12.5 Å². The van der Waals surface area contributed by atoms with Gasteiger partial charge in [0.1, 0.15) is 5.75 Å². The van der Waals surface area contributed by atoms with Crippen LogP contribution in [0.1, 0.15) is 24.8 Å². The van der Waals surface area contributed by atoms with Crippen molar-refractivity contribution < 1.29 is 5.11 Å². The molecular formula is C13H15NOS. The molecule has 2 nitrogen and oxygen atoms in total. The quantitative estimate of drug-likeness (QED) is 0.853. The SMILES string of the molecule is Oc1cccc2scc(CNC3CCC3)c12. The molecule has 1 aromatic heterocycles. The van der Waals surface area contributed by atoms with Crippen LogP contribution in [0, 0.1) is 0 Å². The Kier molecular flexibility index (Phi) is 2.58. The monoisotopic (exact) mass is 233 g/mol. The van der Waals surface area contributed by atoms with Crippen LogP contribution in [-0.2, 0) is 6.54 Å². The highest BCUT2D eigenvalue weighted by Crippen LogP contribution is 2.33. The average molecular weight is 233 g/mol. The molecule has 0 spiro atoms. The minimum absolute atomic E-state index is 0.407. The number of rotatable bonds is 3. The van der Waals surface area contributed by atoms with Crippen molar-refractivity contribution in [3.05, 3.63) is 29.1 Å². The Morgan fingerprint density at radius 3 is 3.00 bits per heavy atom. The van der Waals surface area contributed by atoms with Gasteiger partial charge in [-0.3, -0.25) is 0 Å². The lowest BCUT2D eigenvalue weighted by Crippen LogP contribution is -2.34. The van der Waals surface area contributed by atoms with E-state index in [9.17, 15) is 5.11 Å². The zero-order valence-corrected chi connectivity index (χ0v) is 9.89. The predicted octanol–water partition coefficient (Wildman–Crippen LogP) is 3.25. The molecule has 84 valence electrons. The smallest absolute Gasteiger partial charge is 0.124 e. The Morgan fingerprint density at radius 2 is 2.25 bits per heavy atom. The summed E-state index contributed by atoms with van der Waals surface area (Å²) >= 11 is 1.71. The molecular weight excluding hydrogens is 218 g/mol. The van der Waals surface area contributed by atoms with Crippen molar-refractivity contribution in [3.63, 3.8) is 0 Å². The normalized spacial score (nSPS) is 16.5. The summed E-state index contributed by atoms with van der Waals surface area (Å²) in [4.78, 5) is 0. The van der Waals surface area contributed by atoms with E-state index in [0.29, 0.717) is 11.8 Å². The number of phenols is 1. The van der Waals surface area contributed by atoms with Crippen molar-refractivity contribution in [1.29, 1.82) is 0 Å². The number of hydrogen-bond acceptors (Lipinski definition) is 3. The van der Waals surface area contributed by atoms with Crippen LogP contribution in [0.25, 0.3) is 10.1 Å². The summed E-state index contributed by atoms with van der Waals surface area (Å²) in [6, 6.07) is 6.42. The van der Waals surface area contributed by atoms with Crippen LogP contribution in [-0.4, -0.2) is 11.1 Å². The number of thiophene rings is 1. The van der Waals surface area contributed by atoms with Gasteiger partial charge < -0.3 is 10.4 Å². The van der Waals surface area contributed by atoms with Gasteiger partial charge in [-0.25, -0.2) is 0 Å². The van der Waals surface area contributed by atoms with Crippen LogP contribution >= 0.6 is 11.3 Å². The van der Waals surface area contributed by atoms with Gasteiger partial charge in [-0.05, 0) is 35.9 Å². The first-order chi connectivity index (χ1) is 7.84. The van der Waals surface area contributed by atoms with Crippen LogP contribution in [0.15, 0.2) is 23.6 Å². The van der Waals surface area contributed by atoms with E-state index in [1.54, 1.807) is 17.4 Å². The molecule has 1 aliphatic carbocycles. The molecule has 0 bridgehead atoms. The highest BCUT2D eigenvalue weighted by molar-refractivity contribution is 7.17. The zero-order chi connectivity index (χ0) is 11.0. The Bertz CT molecular complexity index is 502. The molecule has 1 heterocycles. The van der Waals surface area contributed by atoms with Crippen molar-refractivity contribution in [2.45, 2.75) is 31.8 Å². The summed E-state index contributed by atoms with van der Waals surface area (Å²) in [5.74, 6) is 0.407. The summed E-state index contributed by atoms with van der Waals surface area (Å²) in [6.07, 6.45) is 3.95. The Morgan fingerprint density at radius 1 is 1.38 bits per heavy atom. The number of fused-ring (bicyclic) bond motifs is 1. The number of hydrogen-bond donors (Lipinski definition) is 2. The van der Waals surface area contributed by atoms with Crippen LogP contribution < -0.4 is 5.32 Å². The Labute approximate surface area is 98.9 Å². The number of aromatic hydroxyl groups is 1. The highest BCUT2D eigenvalue weighted by Gasteiger charge is 2.17. The van der Waals surface area contributed by atoms with E-state index >= 15 is 0 Å². The van der Waals surface area contributed by atoms with Gasteiger partial charge >= 0.3 is 0 Å². The molecule has 3 rings (SSSR count). The fraction of sp³-hybridized carbons (Fsp3) is 0.385. The largest absolute Gasteiger partial charge is 0.507 e. The maximum absolute atomic E-state index is 9.86. The first-order valence-electron chi connectivity index (χ1n) is 5.76. The third-order valence-corrected chi connectivity index (χ3v) is 4.34. The molecule has 2 N–H and O–H groups in total. The van der Waals surface area contributed by atoms with E-state index < -0.39 is 0 Å². The van der Waals surface area contributed by atoms with Crippen molar-refractivity contribution in [1.82, 2.24) is 5.32 Å². The third-order valence-electron chi connectivity index (χ3n) is 3.34. The molecule has 1 fully saturated rings. The average Bonchev–Trinajstić information content (AvgIpc) is 2.61. The van der Waals surface area contributed by atoms with Crippen LogP contribution in [0.4, 0.5) is 0 Å². The van der Waals surface area contributed by atoms with E-state index in [0.717, 1.165) is 11.9 Å². The van der Waals surface area contributed by atoms with Gasteiger partial charge in [-0.15, -0.1) is 11.3 Å². The second-order valence-electron chi connectivity index (χ2n) is 4.42. The molecule has 1 saturated carbocycles. The first-order valence-corrected chi connectivity index (χ1v) is 6.64. The van der Waals surface area contributed by atoms with Gasteiger partial charge in [0.05, 0.1) is 0 Å². The lowest BCUT2D eigenvalue weighted by molar-refractivity contribution is 0.338. The molecule has 0 unspecified atom stereocenters. The minimum Gasteiger partial charge on any atom is -0.507 e. The Balaban J connectivity index is 1.85. The Hall–Kier alpha value is -1.06. The van der Waals surface area contributed by atoms with Gasteiger partial charge in [0.2, 0.25) is 0 Å². The molecule has 1 aromatic carbocycles. The van der Waals surface area contributed by atoms with E-state index in [1.807, 2.05) is 6.07 Å². The highest BCUT2D eigenvalue weighted by atomic mass is 32.1. The van der Waals surface area contributed by atoms with E-state index in [-0.39, 0.29) is 0 Å². The molecule has 3 heteroatoms. The van der Waals surface area contributed by atoms with Gasteiger partial charge in [-0.2, -0.15) is 0 Å². The second-order valence-corrected chi connectivity index (χ2v) is 5.33. The fourth-order valence-electron chi connectivity index (χ4n) is 2.13. The van der Waals surface area contributed by atoms with Crippen molar-refractivity contribution in [3.8, 4) is 5.75 Å². The molecule has 0 amide bonds. The summed E-state index contributed by atoms with van der Waals surface area (Å²) in [7, 11) is 0. The van der Waals surface area contributed by atoms with Crippen molar-refractivity contribution in [2.24, 2.45) is 0 Å². The molecule has 2 aromatic rings. The van der Waals surface area contributed by atoms with Crippen molar-refractivity contribution >= 4 is 21.4 Å². The molecule has 0 aliphatic heterocycles. The fourth-order valence-corrected chi connectivity index (χ4v) is 3.11. The maximum Gasteiger partial charge on any atom is 0.124 e. The maximum atomic E-state index is 9.86. The number of nitrogens with one attached hydrogen (secondary N) is 1. The molecule has 0 atom stereocenters. The zero-order valence-electron chi connectivity index (χ0n) is 9.07. The number of phenolic OH excluding ortho intramolecular Hbond substituents is 1. The molecule has 0 saturated heterocycles. The van der Waals surface area contributed by atoms with Gasteiger partial charge in [0, 0.05) is 22.7 Å². The molecule has 0 radical (unpaired) electrons. The van der Waals surface area contributed by atoms with Gasteiger partial charge in [0.25, 0.3) is 0 Å². The van der Waals surface area contributed by atoms with E-state index in [2.05, 4.69) is 16.8 Å². The first kappa shape index (κ1) is 10.1. The topological polar surface area (TPSA) is 32.3 Å². The summed E-state index contributed by atoms with van der Waals surface area (Å²) in [5.41, 5.74) is 1.23. The number of benzene rings is 1. The molecule has 16 heavy (non-hydrogen) atoms. The van der Waals surface area contributed by atoms with E-state index in [4.69, 9.17) is 0 Å². The van der Waals surface area contributed by atoms with E-state index in [1.165, 1.54) is 29.5 Å². The lowest BCUT2D eigenvalue weighted by Gasteiger charge is -2.26. The predicted molar refractivity (Wildman–Crippen MR) is 68.0 cm³/mol. The lowest BCUT2D eigenvalue weighted by atomic mass is 9.93. The molecule has 1 aliphatic rings. The summed E-state index contributed by atoms with van der Waals surface area (Å²) < 4.78 is 1.17. The second kappa shape index (κ2) is 4.07. The summed E-state index contributed by atoms with van der Waals surface area (Å²) in [6.45, 7) is 0.877. The van der Waals surface area contributed by atoms with Gasteiger partial charge in [0.15, 0.2) is 0 Å². The van der Waals surface area contributed by atoms with Crippen LogP contribution in [0.2, 0.25) is 0 Å². The minimum atomic E-state index is 0.407. The standard InChI is InChI=1S/C13H15NOS/c15-11-5-2-6-12-13(11)9(8-16-12)7-14-10-3-1-4-10/h2,5-6,8,10,14-15H,1,3-4,7H2.